The number of hydrogen-bond acceptors (Lipinski definition) is 3. The molecule has 7 heteroatoms. The van der Waals surface area contributed by atoms with Gasteiger partial charge in [0.05, 0.1) is 0 Å². The fourth-order valence-electron chi connectivity index (χ4n) is 1.69. The molecule has 0 aliphatic carbocycles. The van der Waals surface area contributed by atoms with Crippen LogP contribution in [0.25, 0.3) is 0 Å². The molecule has 0 aromatic rings. The van der Waals surface area contributed by atoms with Gasteiger partial charge in [-0.25, -0.2) is 0 Å². The van der Waals surface area contributed by atoms with Gasteiger partial charge in [-0.2, -0.15) is 14.8 Å². The van der Waals surface area contributed by atoms with Crippen molar-refractivity contribution in [2.75, 3.05) is 13.2 Å². The SMILES string of the molecule is CCOCC.O=S(=O)(O)O.[CH2-]CCCCCCCCCCC.[Na+]. The Bertz CT molecular complexity index is 252. The van der Waals surface area contributed by atoms with Crippen molar-refractivity contribution < 1.29 is 51.8 Å². The molecule has 5 nitrogen and oxygen atoms in total. The van der Waals surface area contributed by atoms with Gasteiger partial charge in [0.15, 0.2) is 0 Å². The van der Waals surface area contributed by atoms with Crippen LogP contribution in [0.5, 0.6) is 0 Å². The summed E-state index contributed by atoms with van der Waals surface area (Å²) in [6, 6.07) is 0. The monoisotopic (exact) mass is 364 g/mol. The van der Waals surface area contributed by atoms with Crippen LogP contribution < -0.4 is 29.6 Å². The van der Waals surface area contributed by atoms with Gasteiger partial charge in [-0.15, -0.1) is 0 Å². The van der Waals surface area contributed by atoms with Gasteiger partial charge < -0.3 is 11.7 Å². The molecule has 0 spiro atoms. The zero-order chi connectivity index (χ0) is 17.7. The number of ether oxygens (including phenoxy) is 1. The third kappa shape index (κ3) is 70.8. The second kappa shape index (κ2) is 27.7. The Hall–Kier alpha value is 0.830. The third-order valence-electron chi connectivity index (χ3n) is 2.76. The van der Waals surface area contributed by atoms with Gasteiger partial charge in [-0.05, 0) is 13.8 Å². The molecular weight excluding hydrogens is 327 g/mol. The Labute approximate surface area is 166 Å². The summed E-state index contributed by atoms with van der Waals surface area (Å²) in [7, 11) is -4.67. The molecule has 0 aromatic heterocycles. The molecule has 0 atom stereocenters. The fourth-order valence-corrected chi connectivity index (χ4v) is 1.69. The van der Waals surface area contributed by atoms with Gasteiger partial charge in [0.25, 0.3) is 0 Å². The molecule has 2 N–H and O–H groups in total. The summed E-state index contributed by atoms with van der Waals surface area (Å²) < 4.78 is 36.4. The molecule has 0 unspecified atom stereocenters. The van der Waals surface area contributed by atoms with Crippen molar-refractivity contribution >= 4 is 10.4 Å². The van der Waals surface area contributed by atoms with E-state index in [0.29, 0.717) is 0 Å². The van der Waals surface area contributed by atoms with Crippen molar-refractivity contribution in [1.29, 1.82) is 0 Å². The Morgan fingerprint density at radius 1 is 0.783 bits per heavy atom. The van der Waals surface area contributed by atoms with E-state index in [1.165, 1.54) is 57.8 Å². The first-order valence-electron chi connectivity index (χ1n) is 8.40. The molecule has 0 saturated carbocycles. The third-order valence-corrected chi connectivity index (χ3v) is 2.76. The van der Waals surface area contributed by atoms with Crippen LogP contribution in [0.3, 0.4) is 0 Å². The van der Waals surface area contributed by atoms with Crippen molar-refractivity contribution in [1.82, 2.24) is 0 Å². The molecule has 0 heterocycles. The minimum atomic E-state index is -4.67. The average Bonchev–Trinajstić information content (AvgIpc) is 2.42. The Morgan fingerprint density at radius 2 is 1.09 bits per heavy atom. The second-order valence-corrected chi connectivity index (χ2v) is 5.81. The first kappa shape index (κ1) is 31.6. The van der Waals surface area contributed by atoms with E-state index in [0.717, 1.165) is 19.6 Å². The van der Waals surface area contributed by atoms with Crippen LogP contribution >= 0.6 is 0 Å². The van der Waals surface area contributed by atoms with E-state index in [1.807, 2.05) is 13.8 Å². The molecule has 23 heavy (non-hydrogen) atoms. The summed E-state index contributed by atoms with van der Waals surface area (Å²) in [6.07, 6.45) is 13.9. The zero-order valence-electron chi connectivity index (χ0n) is 15.7. The van der Waals surface area contributed by atoms with E-state index in [-0.39, 0.29) is 29.6 Å². The first-order chi connectivity index (χ1) is 10.3. The van der Waals surface area contributed by atoms with Crippen molar-refractivity contribution in [2.45, 2.75) is 85.0 Å². The maximum atomic E-state index is 8.74. The average molecular weight is 365 g/mol. The van der Waals surface area contributed by atoms with E-state index in [2.05, 4.69) is 13.8 Å². The van der Waals surface area contributed by atoms with Crippen LogP contribution in [0, 0.1) is 6.92 Å². The van der Waals surface area contributed by atoms with Crippen molar-refractivity contribution in [3.63, 3.8) is 0 Å². The molecule has 0 bridgehead atoms. The van der Waals surface area contributed by atoms with Crippen LogP contribution in [-0.2, 0) is 15.1 Å². The number of hydrogen-bond donors (Lipinski definition) is 2. The summed E-state index contributed by atoms with van der Waals surface area (Å²) in [5.41, 5.74) is 0. The number of rotatable bonds is 11. The molecule has 0 aliphatic rings. The summed E-state index contributed by atoms with van der Waals surface area (Å²) >= 11 is 0. The topological polar surface area (TPSA) is 83.8 Å². The molecule has 0 fully saturated rings. The molecule has 0 rings (SSSR count). The quantitative estimate of drug-likeness (QED) is 0.254. The largest absolute Gasteiger partial charge is 1.00 e. The standard InChI is InChI=1S/C12H25.C4H10O.Na.H2O4S/c1-3-5-7-9-11-12-10-8-6-4-2;1-3-5-4-2;;1-5(2,3)4/h1,3-12H2,2H3;3-4H2,1-2H3;;(H2,1,2,3,4)/q-1;;+1;. The van der Waals surface area contributed by atoms with Crippen LogP contribution in [-0.4, -0.2) is 30.7 Å². The van der Waals surface area contributed by atoms with Gasteiger partial charge >= 0.3 is 40.0 Å². The molecule has 0 amide bonds. The second-order valence-electron chi connectivity index (χ2n) is 4.91. The Kier molecular flexibility index (Phi) is 38.0. The first-order valence-corrected chi connectivity index (χ1v) is 9.79. The van der Waals surface area contributed by atoms with Gasteiger partial charge in [0.1, 0.15) is 0 Å². The van der Waals surface area contributed by atoms with Gasteiger partial charge in [0, 0.05) is 13.2 Å². The summed E-state index contributed by atoms with van der Waals surface area (Å²) in [5.74, 6) is 0. The van der Waals surface area contributed by atoms with Crippen LogP contribution in [0.15, 0.2) is 0 Å². The van der Waals surface area contributed by atoms with Crippen LogP contribution in [0.2, 0.25) is 0 Å². The van der Waals surface area contributed by atoms with Crippen molar-refractivity contribution in [3.8, 4) is 0 Å². The van der Waals surface area contributed by atoms with Gasteiger partial charge in [-0.3, -0.25) is 9.11 Å². The minimum Gasteiger partial charge on any atom is -0.382 e. The van der Waals surface area contributed by atoms with Gasteiger partial charge in [0.2, 0.25) is 0 Å². The molecule has 138 valence electrons. The minimum absolute atomic E-state index is 0. The smallest absolute Gasteiger partial charge is 0.382 e. The molecule has 0 aromatic carbocycles. The van der Waals surface area contributed by atoms with Crippen LogP contribution in [0.1, 0.15) is 85.0 Å². The number of unbranched alkanes of at least 4 members (excludes halogenated alkanes) is 9. The maximum absolute atomic E-state index is 8.74. The molecular formula is C16H37NaO5S. The Morgan fingerprint density at radius 3 is 1.30 bits per heavy atom. The summed E-state index contributed by atoms with van der Waals surface area (Å²) in [6.45, 7) is 11.8. The van der Waals surface area contributed by atoms with E-state index in [4.69, 9.17) is 22.3 Å². The maximum Gasteiger partial charge on any atom is 1.00 e. The van der Waals surface area contributed by atoms with E-state index >= 15 is 0 Å². The van der Waals surface area contributed by atoms with Crippen LogP contribution in [0.4, 0.5) is 0 Å². The van der Waals surface area contributed by atoms with Crippen molar-refractivity contribution in [2.24, 2.45) is 0 Å². The predicted octanol–water partition coefficient (Wildman–Crippen LogP) is 2.14. The normalized spacial score (nSPS) is 9.83. The van der Waals surface area contributed by atoms with E-state index < -0.39 is 10.4 Å². The summed E-state index contributed by atoms with van der Waals surface area (Å²) in [4.78, 5) is 0. The molecule has 0 aliphatic heterocycles. The molecule has 0 saturated heterocycles. The predicted molar refractivity (Wildman–Crippen MR) is 93.5 cm³/mol. The Balaban J connectivity index is -0.000000137. The van der Waals surface area contributed by atoms with E-state index in [1.54, 1.807) is 0 Å². The molecule has 0 radical (unpaired) electrons. The zero-order valence-corrected chi connectivity index (χ0v) is 18.5. The van der Waals surface area contributed by atoms with Crippen molar-refractivity contribution in [3.05, 3.63) is 6.92 Å². The van der Waals surface area contributed by atoms with E-state index in [9.17, 15) is 0 Å². The fraction of sp³-hybridized carbons (Fsp3) is 0.938. The van der Waals surface area contributed by atoms with Gasteiger partial charge in [-0.1, -0.05) is 64.7 Å². The summed E-state index contributed by atoms with van der Waals surface area (Å²) in [5, 5.41) is 0.